The average Bonchev–Trinajstić information content (AvgIpc) is 3.69. The van der Waals surface area contributed by atoms with Crippen molar-refractivity contribution in [2.75, 3.05) is 23.8 Å². The molecule has 1 aliphatic carbocycles. The van der Waals surface area contributed by atoms with Gasteiger partial charge in [-0.15, -0.1) is 0 Å². The quantitative estimate of drug-likeness (QED) is 0.0785. The highest BCUT2D eigenvalue weighted by molar-refractivity contribution is 6.04. The van der Waals surface area contributed by atoms with Gasteiger partial charge in [-0.3, -0.25) is 29.7 Å². The fourth-order valence-corrected chi connectivity index (χ4v) is 5.64. The number of nitrogens with one attached hydrogen (secondary N) is 2. The molecule has 2 heterocycles. The highest BCUT2D eigenvalue weighted by Crippen LogP contribution is 2.43. The Morgan fingerprint density at radius 2 is 1.86 bits per heavy atom. The molecule has 0 radical (unpaired) electrons. The van der Waals surface area contributed by atoms with E-state index in [9.17, 15) is 24.5 Å². The number of nitro benzene ring substituents is 1. The molecule has 4 aromatic rings. The van der Waals surface area contributed by atoms with Crippen LogP contribution >= 0.6 is 0 Å². The molecule has 50 heavy (non-hydrogen) atoms. The number of carbonyl (C=O) groups is 3. The Kier molecular flexibility index (Phi) is 10.1. The number of aromatic nitrogens is 4. The first-order valence-corrected chi connectivity index (χ1v) is 16.2. The zero-order chi connectivity index (χ0) is 36.3. The van der Waals surface area contributed by atoms with E-state index in [1.165, 1.54) is 12.1 Å². The first-order chi connectivity index (χ1) is 23.7. The normalized spacial score (nSPS) is 13.1. The minimum Gasteiger partial charge on any atom is -0.491 e. The largest absolute Gasteiger partial charge is 0.491 e. The Bertz CT molecular complexity index is 2000. The molecule has 2 aromatic heterocycles. The summed E-state index contributed by atoms with van der Waals surface area (Å²) in [6.07, 6.45) is 4.60. The summed E-state index contributed by atoms with van der Waals surface area (Å²) >= 11 is 0. The van der Waals surface area contributed by atoms with E-state index in [0.29, 0.717) is 47.2 Å². The van der Waals surface area contributed by atoms with Gasteiger partial charge in [-0.05, 0) is 68.4 Å². The number of aryl methyl sites for hydroxylation is 2. The van der Waals surface area contributed by atoms with Crippen LogP contribution < -0.4 is 31.6 Å². The van der Waals surface area contributed by atoms with Crippen molar-refractivity contribution < 1.29 is 28.8 Å². The third-order valence-corrected chi connectivity index (χ3v) is 8.07. The molecule has 1 saturated carbocycles. The lowest BCUT2D eigenvalue weighted by Gasteiger charge is -2.23. The summed E-state index contributed by atoms with van der Waals surface area (Å²) in [4.78, 5) is 53.6. The van der Waals surface area contributed by atoms with Gasteiger partial charge in [0.25, 0.3) is 11.6 Å². The molecule has 6 N–H and O–H groups in total. The van der Waals surface area contributed by atoms with Crippen molar-refractivity contribution in [1.29, 1.82) is 0 Å². The Morgan fingerprint density at radius 3 is 2.48 bits per heavy atom. The molecule has 0 spiro atoms. The van der Waals surface area contributed by atoms with E-state index in [1.807, 2.05) is 6.92 Å². The van der Waals surface area contributed by atoms with Crippen LogP contribution in [0.5, 0.6) is 11.5 Å². The van der Waals surface area contributed by atoms with Gasteiger partial charge in [0.15, 0.2) is 0 Å². The summed E-state index contributed by atoms with van der Waals surface area (Å²) in [5, 5.41) is 22.6. The zero-order valence-electron chi connectivity index (χ0n) is 28.6. The van der Waals surface area contributed by atoms with E-state index in [1.54, 1.807) is 67.3 Å². The van der Waals surface area contributed by atoms with E-state index < -0.39 is 28.2 Å². The van der Waals surface area contributed by atoms with Crippen LogP contribution in [0.3, 0.4) is 0 Å². The van der Waals surface area contributed by atoms with Crippen LogP contribution in [0, 0.1) is 23.0 Å². The van der Waals surface area contributed by atoms with Crippen LogP contribution in [-0.2, 0) is 18.5 Å². The number of anilines is 2. The summed E-state index contributed by atoms with van der Waals surface area (Å²) in [6.45, 7) is 10.3. The van der Waals surface area contributed by atoms with Crippen LogP contribution in [0.25, 0.3) is 11.0 Å². The van der Waals surface area contributed by atoms with Crippen molar-refractivity contribution in [1.82, 2.24) is 19.3 Å². The van der Waals surface area contributed by atoms with Gasteiger partial charge in [0, 0.05) is 25.2 Å². The first-order valence-electron chi connectivity index (χ1n) is 16.2. The number of amides is 3. The number of nitro groups is 1. The third-order valence-electron chi connectivity index (χ3n) is 8.07. The molecular weight excluding hydrogens is 646 g/mol. The van der Waals surface area contributed by atoms with Gasteiger partial charge in [0.2, 0.25) is 11.9 Å². The number of fused-ring (bicyclic) bond motifs is 1. The predicted molar refractivity (Wildman–Crippen MR) is 187 cm³/mol. The van der Waals surface area contributed by atoms with Crippen molar-refractivity contribution in [2.45, 2.75) is 66.0 Å². The maximum absolute atomic E-state index is 13.5. The Labute approximate surface area is 287 Å². The van der Waals surface area contributed by atoms with Crippen molar-refractivity contribution in [3.63, 3.8) is 0 Å². The minimum absolute atomic E-state index is 0.00991. The molecule has 16 nitrogen and oxygen atoms in total. The fraction of sp³-hybridized carbons (Fsp3) is 0.382. The van der Waals surface area contributed by atoms with Crippen molar-refractivity contribution in [3.8, 4) is 11.5 Å². The SMILES string of the molecule is CCn1nc(C)cc1C(=O)Nc1nc2cc(C(N)=O)cc(OCC3CC3)c2n1CC=CCNc1ccc(OC(N)=O)c(C(C)(C)C)c1[N+](=O)[O-]. The lowest BCUT2D eigenvalue weighted by molar-refractivity contribution is -0.385. The monoisotopic (exact) mass is 687 g/mol. The molecule has 0 saturated heterocycles. The molecule has 0 atom stereocenters. The molecule has 3 amide bonds. The van der Waals surface area contributed by atoms with Crippen molar-refractivity contribution >= 4 is 46.3 Å². The number of carbonyl (C=O) groups excluding carboxylic acids is 3. The van der Waals surface area contributed by atoms with Gasteiger partial charge in [-0.2, -0.15) is 5.10 Å². The van der Waals surface area contributed by atoms with E-state index in [0.717, 1.165) is 12.8 Å². The molecule has 0 bridgehead atoms. The van der Waals surface area contributed by atoms with Crippen LogP contribution in [0.15, 0.2) is 42.5 Å². The molecule has 5 rings (SSSR count). The van der Waals surface area contributed by atoms with E-state index >= 15 is 0 Å². The van der Waals surface area contributed by atoms with Gasteiger partial charge in [0.1, 0.15) is 28.4 Å². The second-order valence-electron chi connectivity index (χ2n) is 13.1. The summed E-state index contributed by atoms with van der Waals surface area (Å²) in [6, 6.07) is 7.74. The van der Waals surface area contributed by atoms with Crippen molar-refractivity contribution in [3.05, 3.63) is 75.1 Å². The van der Waals surface area contributed by atoms with Crippen molar-refractivity contribution in [2.24, 2.45) is 17.4 Å². The number of benzene rings is 2. The highest BCUT2D eigenvalue weighted by Gasteiger charge is 2.33. The van der Waals surface area contributed by atoms with Crippen LogP contribution in [0.4, 0.5) is 22.1 Å². The zero-order valence-corrected chi connectivity index (χ0v) is 28.6. The highest BCUT2D eigenvalue weighted by atomic mass is 16.6. The summed E-state index contributed by atoms with van der Waals surface area (Å²) < 4.78 is 14.6. The second kappa shape index (κ2) is 14.3. The number of nitrogens with zero attached hydrogens (tertiary/aromatic N) is 5. The lowest BCUT2D eigenvalue weighted by Crippen LogP contribution is -2.22. The second-order valence-corrected chi connectivity index (χ2v) is 13.1. The number of primary amides is 2. The van der Waals surface area contributed by atoms with Gasteiger partial charge >= 0.3 is 6.09 Å². The average molecular weight is 688 g/mol. The van der Waals surface area contributed by atoms with Gasteiger partial charge in [-0.25, -0.2) is 9.78 Å². The molecule has 264 valence electrons. The number of allylic oxidation sites excluding steroid dienone is 1. The smallest absolute Gasteiger partial charge is 0.409 e. The van der Waals surface area contributed by atoms with E-state index in [2.05, 4.69) is 20.7 Å². The number of rotatable bonds is 14. The maximum atomic E-state index is 13.5. The molecule has 16 heteroatoms. The van der Waals surface area contributed by atoms with Gasteiger partial charge in [-0.1, -0.05) is 32.9 Å². The molecular formula is C34H41N9O7. The topological polar surface area (TPSA) is 225 Å². The maximum Gasteiger partial charge on any atom is 0.409 e. The molecule has 2 aromatic carbocycles. The lowest BCUT2D eigenvalue weighted by atomic mass is 9.84. The van der Waals surface area contributed by atoms with Crippen LogP contribution in [0.2, 0.25) is 0 Å². The Morgan fingerprint density at radius 1 is 1.12 bits per heavy atom. The fourth-order valence-electron chi connectivity index (χ4n) is 5.64. The first kappa shape index (κ1) is 35.4. The van der Waals surface area contributed by atoms with E-state index in [4.69, 9.17) is 20.9 Å². The number of imidazole rings is 1. The standard InChI is InChI=1S/C34H41N9O7/c1-6-42-24(15-19(2)40-42)31(45)39-33-38-23-16-21(30(35)44)17-26(49-18-20-9-10-20)28(23)41(33)14-8-7-13-37-22-11-12-25(50-32(36)46)27(34(3,4)5)29(22)43(47)48/h7-8,11-12,15-17,20,37H,6,9-10,13-14,18H2,1-5H3,(H2,35,44)(H2,36,46)(H,38,39,45). The van der Waals surface area contributed by atoms with E-state index in [-0.39, 0.29) is 47.3 Å². The van der Waals surface area contributed by atoms with Crippen LogP contribution in [-0.4, -0.2) is 55.3 Å². The summed E-state index contributed by atoms with van der Waals surface area (Å²) in [7, 11) is 0. The molecule has 1 aliphatic rings. The minimum atomic E-state index is -1.07. The molecule has 0 aliphatic heterocycles. The Balaban J connectivity index is 1.47. The molecule has 0 unspecified atom stereocenters. The third kappa shape index (κ3) is 7.85. The van der Waals surface area contributed by atoms with Gasteiger partial charge < -0.3 is 30.8 Å². The molecule has 1 fully saturated rings. The van der Waals surface area contributed by atoms with Crippen LogP contribution in [0.1, 0.15) is 72.6 Å². The predicted octanol–water partition coefficient (Wildman–Crippen LogP) is 5.03. The van der Waals surface area contributed by atoms with Gasteiger partial charge in [0.05, 0.1) is 28.3 Å². The Hall–Kier alpha value is -5.93. The number of hydrogen-bond donors (Lipinski definition) is 4. The summed E-state index contributed by atoms with van der Waals surface area (Å²) in [5.74, 6) is -0.0277. The number of hydrogen-bond acceptors (Lipinski definition) is 10. The number of ether oxygens (including phenoxy) is 2. The number of nitrogens with two attached hydrogens (primary N) is 2. The summed E-state index contributed by atoms with van der Waals surface area (Å²) in [5.41, 5.74) is 12.5.